The molecule has 5 heteroatoms. The Hall–Kier alpha value is -7.08. The minimum atomic E-state index is -1.75. The molecule has 3 aliphatic rings. The lowest BCUT2D eigenvalue weighted by Gasteiger charge is -2.33. The number of aromatic nitrogens is 3. The zero-order chi connectivity index (χ0) is 46.4. The summed E-state index contributed by atoms with van der Waals surface area (Å²) in [5.74, 6) is 2.14. The van der Waals surface area contributed by atoms with Gasteiger partial charge in [-0.3, -0.25) is 0 Å². The summed E-state index contributed by atoms with van der Waals surface area (Å²) >= 11 is 0. The number of hydrogen-bond donors (Lipinski definition) is 0. The second kappa shape index (κ2) is 16.6. The zero-order valence-corrected chi connectivity index (χ0v) is 41.1. The molecule has 4 nitrogen and oxygen atoms in total. The number of pyridine rings is 1. The largest absolute Gasteiger partial charge is 0.455 e. The number of fused-ring (bicyclic) bond motifs is 15. The summed E-state index contributed by atoms with van der Waals surface area (Å²) < 4.78 is 15.0. The lowest BCUT2D eigenvalue weighted by Crippen LogP contribution is -2.54. The van der Waals surface area contributed by atoms with Crippen molar-refractivity contribution in [2.75, 3.05) is 0 Å². The quantitative estimate of drug-likeness (QED) is 0.121. The Kier molecular flexibility index (Phi) is 10.1. The van der Waals surface area contributed by atoms with Crippen LogP contribution >= 0.6 is 0 Å². The van der Waals surface area contributed by atoms with Crippen LogP contribution in [0.2, 0.25) is 19.6 Å². The summed E-state index contributed by atoms with van der Waals surface area (Å²) in [7, 11) is -1.75. The molecule has 0 saturated heterocycles. The monoisotopic (exact) mass is 913 g/mol. The average molecular weight is 914 g/mol. The van der Waals surface area contributed by atoms with Crippen molar-refractivity contribution in [3.63, 3.8) is 0 Å². The van der Waals surface area contributed by atoms with Crippen LogP contribution in [0.4, 0.5) is 0 Å². The predicted molar refractivity (Wildman–Crippen MR) is 288 cm³/mol. The molecule has 13 rings (SSSR count). The summed E-state index contributed by atoms with van der Waals surface area (Å²) in [5, 5.41) is 3.89. The Bertz CT molecular complexity index is 3640. The van der Waals surface area contributed by atoms with E-state index in [4.69, 9.17) is 11.0 Å². The third kappa shape index (κ3) is 6.99. The van der Waals surface area contributed by atoms with Gasteiger partial charge in [0, 0.05) is 39.1 Å². The molecule has 0 bridgehead atoms. The molecule has 69 heavy (non-hydrogen) atoms. The van der Waals surface area contributed by atoms with Crippen molar-refractivity contribution in [1.29, 1.82) is 0 Å². The van der Waals surface area contributed by atoms with Gasteiger partial charge in [0.15, 0.2) is 28.9 Å². The molecule has 10 aromatic rings. The molecule has 1 fully saturated rings. The van der Waals surface area contributed by atoms with E-state index in [9.17, 15) is 0 Å². The van der Waals surface area contributed by atoms with E-state index in [2.05, 4.69) is 209 Å². The first kappa shape index (κ1) is 42.1. The maximum Gasteiger partial charge on any atom is 0.304 e. The van der Waals surface area contributed by atoms with Gasteiger partial charge in [0.25, 0.3) is 0 Å². The third-order valence-electron chi connectivity index (χ3n) is 16.0. The van der Waals surface area contributed by atoms with Crippen molar-refractivity contribution in [3.8, 4) is 50.6 Å². The Balaban J connectivity index is 1.10. The van der Waals surface area contributed by atoms with Crippen molar-refractivity contribution in [1.82, 2.24) is 4.57 Å². The molecular formula is C64H59N3OSi+2. The number of imidazole rings is 1. The van der Waals surface area contributed by atoms with Gasteiger partial charge in [-0.25, -0.2) is 0 Å². The van der Waals surface area contributed by atoms with Crippen molar-refractivity contribution in [3.05, 3.63) is 199 Å². The highest BCUT2D eigenvalue weighted by Gasteiger charge is 2.45. The minimum Gasteiger partial charge on any atom is -0.455 e. The van der Waals surface area contributed by atoms with Crippen LogP contribution in [0.15, 0.2) is 187 Å². The van der Waals surface area contributed by atoms with Gasteiger partial charge in [0.2, 0.25) is 5.69 Å². The molecule has 5 heterocycles. The summed E-state index contributed by atoms with van der Waals surface area (Å²) in [6, 6.07) is 63.2. The van der Waals surface area contributed by atoms with Crippen LogP contribution in [0.1, 0.15) is 67.2 Å². The van der Waals surface area contributed by atoms with Crippen molar-refractivity contribution in [2.45, 2.75) is 83.0 Å². The summed E-state index contributed by atoms with van der Waals surface area (Å²) in [5.41, 5.74) is 19.3. The molecule has 2 aliphatic heterocycles. The van der Waals surface area contributed by atoms with Crippen LogP contribution in [-0.2, 0) is 12.8 Å². The van der Waals surface area contributed by atoms with E-state index in [0.717, 1.165) is 80.9 Å². The van der Waals surface area contributed by atoms with E-state index in [1.54, 1.807) is 10.8 Å². The highest BCUT2D eigenvalue weighted by Crippen LogP contribution is 2.48. The molecule has 0 spiro atoms. The fourth-order valence-corrected chi connectivity index (χ4v) is 14.5. The van der Waals surface area contributed by atoms with E-state index in [0.29, 0.717) is 0 Å². The van der Waals surface area contributed by atoms with Crippen LogP contribution < -0.4 is 14.3 Å². The maximum absolute atomic E-state index is 7.15. The molecule has 3 aromatic heterocycles. The van der Waals surface area contributed by atoms with E-state index < -0.39 is 8.07 Å². The fourth-order valence-electron chi connectivity index (χ4n) is 12.8. The SMILES string of the molecule is C=C1CC2C(CCc3ccc4c(oc5ccccc54)c3-c3n(-c4ccc(-c5ccccc5)cc4-c4ccccc4)c4ccccc4[n+]31)c1ccccc1-c1cc(CC3CCCC3)c([Si](C)(C)C)c[n+]12. The smallest absolute Gasteiger partial charge is 0.304 e. The number of rotatable bonds is 6. The van der Waals surface area contributed by atoms with Crippen LogP contribution in [0.5, 0.6) is 0 Å². The van der Waals surface area contributed by atoms with E-state index in [-0.39, 0.29) is 12.0 Å². The molecule has 0 N–H and O–H groups in total. The Morgan fingerprint density at radius 2 is 1.39 bits per heavy atom. The molecule has 1 saturated carbocycles. The van der Waals surface area contributed by atoms with Crippen molar-refractivity contribution < 1.29 is 13.6 Å². The number of benzene rings is 7. The van der Waals surface area contributed by atoms with Gasteiger partial charge in [0.05, 0.1) is 14.5 Å². The number of para-hydroxylation sites is 3. The normalized spacial score (nSPS) is 17.1. The van der Waals surface area contributed by atoms with Gasteiger partial charge < -0.3 is 4.42 Å². The lowest BCUT2D eigenvalue weighted by atomic mass is 9.77. The first-order chi connectivity index (χ1) is 33.8. The molecule has 1 aliphatic carbocycles. The Morgan fingerprint density at radius 3 is 2.20 bits per heavy atom. The predicted octanol–water partition coefficient (Wildman–Crippen LogP) is 15.2. The van der Waals surface area contributed by atoms with Gasteiger partial charge in [-0.1, -0.05) is 179 Å². The van der Waals surface area contributed by atoms with Gasteiger partial charge >= 0.3 is 5.82 Å². The summed E-state index contributed by atoms with van der Waals surface area (Å²) in [6.45, 7) is 12.9. The molecule has 7 aromatic carbocycles. The van der Waals surface area contributed by atoms with Crippen LogP contribution in [0.3, 0.4) is 0 Å². The lowest BCUT2D eigenvalue weighted by molar-refractivity contribution is -0.719. The van der Waals surface area contributed by atoms with Crippen molar-refractivity contribution in [2.24, 2.45) is 5.92 Å². The summed E-state index contributed by atoms with van der Waals surface area (Å²) in [6.07, 6.45) is 12.0. The number of allylic oxidation sites excluding steroid dienone is 1. The second-order valence-electron chi connectivity index (χ2n) is 21.2. The van der Waals surface area contributed by atoms with Gasteiger partial charge in [0.1, 0.15) is 22.5 Å². The third-order valence-corrected chi connectivity index (χ3v) is 18.1. The molecule has 0 radical (unpaired) electrons. The van der Waals surface area contributed by atoms with Gasteiger partial charge in [-0.05, 0) is 95.0 Å². The topological polar surface area (TPSA) is 25.8 Å². The van der Waals surface area contributed by atoms with Crippen LogP contribution in [0, 0.1) is 5.92 Å². The first-order valence-corrected chi connectivity index (χ1v) is 28.9. The maximum atomic E-state index is 7.15. The molecule has 0 amide bonds. The average Bonchev–Trinajstić information content (AvgIpc) is 4.12. The Labute approximate surface area is 406 Å². The van der Waals surface area contributed by atoms with E-state index >= 15 is 0 Å². The highest BCUT2D eigenvalue weighted by atomic mass is 28.3. The van der Waals surface area contributed by atoms with Crippen LogP contribution in [-0.4, -0.2) is 12.6 Å². The van der Waals surface area contributed by atoms with E-state index in [1.165, 1.54) is 76.7 Å². The van der Waals surface area contributed by atoms with E-state index in [1.807, 2.05) is 0 Å². The number of furan rings is 1. The minimum absolute atomic E-state index is 0.169. The standard InChI is InChI=1S/C64H59N3OSi/c1-42-37-58-51(49-25-13-14-26-50(49)59-40-48(38-43-19-11-12-20-43)61(41-65(58)59)69(2,3)4)34-31-46-32-35-53-52-27-15-18-30-60(52)68-63(53)62(46)64-66(42)56-28-16-17-29-57(56)67(64)55-36-33-47(44-21-7-5-8-22-44)39-54(55)45-23-9-6-10-24-45/h5-10,13-18,21-30,32-33,35-36,39-41,43,51,58H,1,11-12,19-20,31,34,37-38H2,2-4H3/q+2. The first-order valence-electron chi connectivity index (χ1n) is 25.4. The molecular weight excluding hydrogens is 855 g/mol. The number of hydrogen-bond acceptors (Lipinski definition) is 1. The van der Waals surface area contributed by atoms with Gasteiger partial charge in [-0.15, -0.1) is 0 Å². The molecule has 2 atom stereocenters. The highest BCUT2D eigenvalue weighted by molar-refractivity contribution is 6.89. The molecule has 2 unspecified atom stereocenters. The second-order valence-corrected chi connectivity index (χ2v) is 26.2. The van der Waals surface area contributed by atoms with Crippen LogP contribution in [0.25, 0.3) is 89.3 Å². The Morgan fingerprint density at radius 1 is 0.667 bits per heavy atom. The molecule has 338 valence electrons. The fraction of sp³-hybridized carbons (Fsp3) is 0.219. The summed E-state index contributed by atoms with van der Waals surface area (Å²) in [4.78, 5) is 0. The number of aryl methyl sites for hydroxylation is 1. The zero-order valence-electron chi connectivity index (χ0n) is 40.1. The van der Waals surface area contributed by atoms with Gasteiger partial charge in [-0.2, -0.15) is 13.7 Å². The van der Waals surface area contributed by atoms with Crippen molar-refractivity contribution >= 4 is 51.9 Å². The number of nitrogens with zero attached hydrogens (tertiary/aromatic N) is 3.